The Balaban J connectivity index is 2.77. The number of aryl methyl sites for hydroxylation is 1. The average molecular weight is 197 g/mol. The molecule has 80 valence electrons. The second-order valence-electron chi connectivity index (χ2n) is 3.93. The first-order chi connectivity index (χ1) is 6.56. The third kappa shape index (κ3) is 2.26. The predicted octanol–water partition coefficient (Wildman–Crippen LogP) is 0.653. The van der Waals surface area contributed by atoms with Crippen LogP contribution in [0.15, 0.2) is 17.2 Å². The number of nitrogens with zero attached hydrogens (tertiary/aromatic N) is 2. The molecule has 4 heteroatoms. The summed E-state index contributed by atoms with van der Waals surface area (Å²) < 4.78 is 3.35. The first kappa shape index (κ1) is 11.0. The van der Waals surface area contributed by atoms with Crippen LogP contribution >= 0.6 is 0 Å². The van der Waals surface area contributed by atoms with Gasteiger partial charge in [-0.2, -0.15) is 0 Å². The van der Waals surface area contributed by atoms with E-state index in [-0.39, 0.29) is 11.7 Å². The molecule has 0 amide bonds. The molecule has 1 aromatic heterocycles. The molecule has 1 rings (SSSR count). The summed E-state index contributed by atoms with van der Waals surface area (Å²) in [5.41, 5.74) is 5.93. The molecule has 1 aromatic rings. The Morgan fingerprint density at radius 3 is 2.36 bits per heavy atom. The quantitative estimate of drug-likeness (QED) is 0.770. The maximum atomic E-state index is 11.6. The van der Waals surface area contributed by atoms with Crippen LogP contribution in [0.25, 0.3) is 0 Å². The molecule has 0 bridgehead atoms. The topological polar surface area (TPSA) is 52.9 Å². The van der Waals surface area contributed by atoms with Gasteiger partial charge in [0, 0.05) is 31.5 Å². The lowest BCUT2D eigenvalue weighted by Gasteiger charge is -2.15. The SMILES string of the molecule is CCn1ccn(CC(N)C(C)C)c1=O. The van der Waals surface area contributed by atoms with Crippen LogP contribution in [0.2, 0.25) is 0 Å². The number of rotatable bonds is 4. The van der Waals surface area contributed by atoms with Crippen LogP contribution in [0, 0.1) is 5.92 Å². The third-order valence-corrected chi connectivity index (χ3v) is 2.52. The molecule has 0 aliphatic rings. The van der Waals surface area contributed by atoms with E-state index in [1.807, 2.05) is 6.92 Å². The van der Waals surface area contributed by atoms with E-state index in [4.69, 9.17) is 5.73 Å². The zero-order chi connectivity index (χ0) is 10.7. The Morgan fingerprint density at radius 1 is 1.36 bits per heavy atom. The number of hydrogen-bond acceptors (Lipinski definition) is 2. The summed E-state index contributed by atoms with van der Waals surface area (Å²) >= 11 is 0. The molecule has 1 heterocycles. The van der Waals surface area contributed by atoms with E-state index in [9.17, 15) is 4.79 Å². The molecule has 14 heavy (non-hydrogen) atoms. The van der Waals surface area contributed by atoms with Crippen molar-refractivity contribution in [1.82, 2.24) is 9.13 Å². The van der Waals surface area contributed by atoms with Crippen molar-refractivity contribution in [2.75, 3.05) is 0 Å². The zero-order valence-electron chi connectivity index (χ0n) is 9.10. The van der Waals surface area contributed by atoms with Gasteiger partial charge in [0.25, 0.3) is 0 Å². The normalized spacial score (nSPS) is 13.5. The van der Waals surface area contributed by atoms with Crippen LogP contribution in [-0.4, -0.2) is 15.2 Å². The smallest absolute Gasteiger partial charge is 0.326 e. The van der Waals surface area contributed by atoms with Gasteiger partial charge in [0.1, 0.15) is 0 Å². The van der Waals surface area contributed by atoms with Gasteiger partial charge in [-0.15, -0.1) is 0 Å². The molecular weight excluding hydrogens is 178 g/mol. The Labute approximate surface area is 84.3 Å². The van der Waals surface area contributed by atoms with Crippen molar-refractivity contribution in [2.24, 2.45) is 11.7 Å². The summed E-state index contributed by atoms with van der Waals surface area (Å²) in [5.74, 6) is 0.395. The minimum atomic E-state index is 0.0311. The Hall–Kier alpha value is -1.03. The largest absolute Gasteiger partial charge is 0.328 e. The van der Waals surface area contributed by atoms with E-state index in [0.717, 1.165) is 0 Å². The molecule has 0 radical (unpaired) electrons. The highest BCUT2D eigenvalue weighted by atomic mass is 16.1. The molecule has 1 atom stereocenters. The number of imidazole rings is 1. The highest BCUT2D eigenvalue weighted by molar-refractivity contribution is 4.83. The molecular formula is C10H19N3O. The summed E-state index contributed by atoms with van der Waals surface area (Å²) in [6, 6.07) is 0.0420. The van der Waals surface area contributed by atoms with Crippen LogP contribution in [0.1, 0.15) is 20.8 Å². The van der Waals surface area contributed by atoms with E-state index in [0.29, 0.717) is 19.0 Å². The van der Waals surface area contributed by atoms with Gasteiger partial charge in [-0.1, -0.05) is 13.8 Å². The molecule has 1 unspecified atom stereocenters. The fraction of sp³-hybridized carbons (Fsp3) is 0.700. The van der Waals surface area contributed by atoms with Gasteiger partial charge in [-0.3, -0.25) is 9.13 Å². The molecule has 2 N–H and O–H groups in total. The lowest BCUT2D eigenvalue weighted by atomic mass is 10.1. The maximum absolute atomic E-state index is 11.6. The molecule has 0 fully saturated rings. The molecule has 0 saturated heterocycles. The number of nitrogens with two attached hydrogens (primary N) is 1. The molecule has 0 spiro atoms. The highest BCUT2D eigenvalue weighted by Crippen LogP contribution is 2.00. The first-order valence-corrected chi connectivity index (χ1v) is 5.07. The second kappa shape index (κ2) is 4.46. The van der Waals surface area contributed by atoms with Gasteiger partial charge in [0.05, 0.1) is 0 Å². The Kier molecular flexibility index (Phi) is 3.52. The van der Waals surface area contributed by atoms with Crippen LogP contribution < -0.4 is 11.4 Å². The lowest BCUT2D eigenvalue weighted by Crippen LogP contribution is -2.35. The van der Waals surface area contributed by atoms with E-state index >= 15 is 0 Å². The highest BCUT2D eigenvalue weighted by Gasteiger charge is 2.10. The summed E-state index contributed by atoms with van der Waals surface area (Å²) in [5, 5.41) is 0. The molecule has 0 aliphatic carbocycles. The van der Waals surface area contributed by atoms with Crippen molar-refractivity contribution < 1.29 is 0 Å². The second-order valence-corrected chi connectivity index (χ2v) is 3.93. The minimum absolute atomic E-state index is 0.0311. The van der Waals surface area contributed by atoms with Crippen LogP contribution in [0.4, 0.5) is 0 Å². The average Bonchev–Trinajstić information content (AvgIpc) is 2.47. The Bertz CT molecular complexity index is 337. The van der Waals surface area contributed by atoms with Gasteiger partial charge in [0.2, 0.25) is 0 Å². The summed E-state index contributed by atoms with van der Waals surface area (Å²) in [6.45, 7) is 7.39. The fourth-order valence-corrected chi connectivity index (χ4v) is 1.27. The van der Waals surface area contributed by atoms with E-state index < -0.39 is 0 Å². The van der Waals surface area contributed by atoms with Gasteiger partial charge in [-0.05, 0) is 12.8 Å². The van der Waals surface area contributed by atoms with E-state index in [1.165, 1.54) is 0 Å². The fourth-order valence-electron chi connectivity index (χ4n) is 1.27. The van der Waals surface area contributed by atoms with Crippen LogP contribution in [-0.2, 0) is 13.1 Å². The van der Waals surface area contributed by atoms with E-state index in [1.54, 1.807) is 21.5 Å². The maximum Gasteiger partial charge on any atom is 0.328 e. The lowest BCUT2D eigenvalue weighted by molar-refractivity contribution is 0.425. The molecule has 0 aliphatic heterocycles. The van der Waals surface area contributed by atoms with Crippen molar-refractivity contribution in [3.05, 3.63) is 22.9 Å². The zero-order valence-corrected chi connectivity index (χ0v) is 9.10. The van der Waals surface area contributed by atoms with Crippen molar-refractivity contribution in [3.8, 4) is 0 Å². The van der Waals surface area contributed by atoms with Crippen LogP contribution in [0.5, 0.6) is 0 Å². The van der Waals surface area contributed by atoms with Crippen molar-refractivity contribution in [2.45, 2.75) is 39.9 Å². The monoisotopic (exact) mass is 197 g/mol. The summed E-state index contributed by atoms with van der Waals surface area (Å²) in [7, 11) is 0. The molecule has 0 saturated carbocycles. The Morgan fingerprint density at radius 2 is 1.93 bits per heavy atom. The van der Waals surface area contributed by atoms with Gasteiger partial charge in [-0.25, -0.2) is 4.79 Å². The summed E-state index contributed by atoms with van der Waals surface area (Å²) in [4.78, 5) is 11.6. The van der Waals surface area contributed by atoms with Gasteiger partial charge < -0.3 is 5.73 Å². The minimum Gasteiger partial charge on any atom is -0.326 e. The van der Waals surface area contributed by atoms with Crippen molar-refractivity contribution in [1.29, 1.82) is 0 Å². The standard InChI is InChI=1S/C10H19N3O/c1-4-12-5-6-13(10(12)14)7-9(11)8(2)3/h5-6,8-9H,4,7,11H2,1-3H3. The van der Waals surface area contributed by atoms with Crippen molar-refractivity contribution in [3.63, 3.8) is 0 Å². The number of aromatic nitrogens is 2. The molecule has 0 aromatic carbocycles. The van der Waals surface area contributed by atoms with Gasteiger partial charge >= 0.3 is 5.69 Å². The molecule has 4 nitrogen and oxygen atoms in total. The van der Waals surface area contributed by atoms with Crippen LogP contribution in [0.3, 0.4) is 0 Å². The third-order valence-electron chi connectivity index (χ3n) is 2.52. The first-order valence-electron chi connectivity index (χ1n) is 5.07. The summed E-state index contributed by atoms with van der Waals surface area (Å²) in [6.07, 6.45) is 3.60. The van der Waals surface area contributed by atoms with Crippen molar-refractivity contribution >= 4 is 0 Å². The number of hydrogen-bond donors (Lipinski definition) is 1. The van der Waals surface area contributed by atoms with Gasteiger partial charge in [0.15, 0.2) is 0 Å². The van der Waals surface area contributed by atoms with E-state index in [2.05, 4.69) is 13.8 Å². The predicted molar refractivity (Wildman–Crippen MR) is 57.2 cm³/mol.